The molecule has 0 aromatic heterocycles. The molecule has 1 atom stereocenters. The zero-order chi connectivity index (χ0) is 18.0. The molecule has 1 saturated heterocycles. The number of benzene rings is 1. The second-order valence-electron chi connectivity index (χ2n) is 6.54. The largest absolute Gasteiger partial charge is 0.497 e. The van der Waals surface area contributed by atoms with Crippen LogP contribution in [0.15, 0.2) is 23.1 Å². The number of nitro groups is 1. The van der Waals surface area contributed by atoms with Gasteiger partial charge in [-0.15, -0.1) is 0 Å². The number of hydrogen-bond donors (Lipinski definition) is 2. The highest BCUT2D eigenvalue weighted by molar-refractivity contribution is 7.89. The van der Waals surface area contributed by atoms with Crippen LogP contribution in [0.3, 0.4) is 0 Å². The number of ether oxygens (including phenoxy) is 1. The molecule has 0 bridgehead atoms. The summed E-state index contributed by atoms with van der Waals surface area (Å²) in [6.45, 7) is 5.17. The van der Waals surface area contributed by atoms with Crippen molar-refractivity contribution < 1.29 is 18.1 Å². The number of nitrogens with one attached hydrogen (secondary N) is 2. The van der Waals surface area contributed by atoms with E-state index in [4.69, 9.17) is 4.74 Å². The predicted molar refractivity (Wildman–Crippen MR) is 89.6 cm³/mol. The van der Waals surface area contributed by atoms with Gasteiger partial charge in [-0.1, -0.05) is 13.8 Å². The van der Waals surface area contributed by atoms with Crippen molar-refractivity contribution in [3.05, 3.63) is 28.3 Å². The molecule has 134 valence electrons. The quantitative estimate of drug-likeness (QED) is 0.592. The minimum atomic E-state index is -4.00. The van der Waals surface area contributed by atoms with Gasteiger partial charge in [-0.25, -0.2) is 13.1 Å². The summed E-state index contributed by atoms with van der Waals surface area (Å²) in [5.74, 6) is 0.232. The summed E-state index contributed by atoms with van der Waals surface area (Å²) in [5.41, 5.74) is -0.551. The zero-order valence-corrected chi connectivity index (χ0v) is 14.9. The normalized spacial score (nSPS) is 20.5. The van der Waals surface area contributed by atoms with Gasteiger partial charge in [0.2, 0.25) is 10.0 Å². The Morgan fingerprint density at radius 2 is 2.17 bits per heavy atom. The van der Waals surface area contributed by atoms with Crippen LogP contribution in [0.25, 0.3) is 0 Å². The standard InChI is InChI=1S/C15H23N3O5S/c1-15(2)7-4-8-16-14(15)10-17-24(21,22)13-6-5-11(23-3)9-12(13)18(19)20/h5-6,9,14,16-17H,4,7-8,10H2,1-3H3. The molecule has 0 spiro atoms. The molecule has 8 nitrogen and oxygen atoms in total. The first-order chi connectivity index (χ1) is 11.2. The van der Waals surface area contributed by atoms with Gasteiger partial charge in [0.05, 0.1) is 18.1 Å². The Kier molecular flexibility index (Phi) is 5.46. The highest BCUT2D eigenvalue weighted by atomic mass is 32.2. The van der Waals surface area contributed by atoms with Crippen molar-refractivity contribution in [1.29, 1.82) is 0 Å². The van der Waals surface area contributed by atoms with E-state index in [1.807, 2.05) is 0 Å². The molecular formula is C15H23N3O5S. The first-order valence-corrected chi connectivity index (χ1v) is 9.21. The van der Waals surface area contributed by atoms with Gasteiger partial charge in [-0.2, -0.15) is 0 Å². The molecule has 0 amide bonds. The highest BCUT2D eigenvalue weighted by Crippen LogP contribution is 2.31. The molecule has 1 fully saturated rings. The van der Waals surface area contributed by atoms with Crippen molar-refractivity contribution in [2.24, 2.45) is 5.41 Å². The van der Waals surface area contributed by atoms with E-state index in [1.54, 1.807) is 0 Å². The van der Waals surface area contributed by atoms with Crippen LogP contribution >= 0.6 is 0 Å². The van der Waals surface area contributed by atoms with E-state index in [2.05, 4.69) is 23.9 Å². The van der Waals surface area contributed by atoms with Crippen LogP contribution in [0.4, 0.5) is 5.69 Å². The van der Waals surface area contributed by atoms with Crippen molar-refractivity contribution in [3.8, 4) is 5.75 Å². The molecule has 2 N–H and O–H groups in total. The molecule has 0 radical (unpaired) electrons. The lowest BCUT2D eigenvalue weighted by Gasteiger charge is -2.39. The van der Waals surface area contributed by atoms with Crippen molar-refractivity contribution in [3.63, 3.8) is 0 Å². The third-order valence-electron chi connectivity index (χ3n) is 4.46. The summed E-state index contributed by atoms with van der Waals surface area (Å²) >= 11 is 0. The number of hydrogen-bond acceptors (Lipinski definition) is 6. The third-order valence-corrected chi connectivity index (χ3v) is 5.93. The molecule has 2 rings (SSSR count). The highest BCUT2D eigenvalue weighted by Gasteiger charge is 2.34. The number of rotatable bonds is 6. The minimum absolute atomic E-state index is 0.0293. The van der Waals surface area contributed by atoms with E-state index < -0.39 is 20.6 Å². The average molecular weight is 357 g/mol. The summed E-state index contributed by atoms with van der Waals surface area (Å²) in [4.78, 5) is 10.1. The molecule has 1 aromatic carbocycles. The Morgan fingerprint density at radius 1 is 1.46 bits per heavy atom. The van der Waals surface area contributed by atoms with Crippen LogP contribution in [0, 0.1) is 15.5 Å². The molecule has 1 unspecified atom stereocenters. The van der Waals surface area contributed by atoms with E-state index in [9.17, 15) is 18.5 Å². The van der Waals surface area contributed by atoms with Gasteiger partial charge >= 0.3 is 0 Å². The van der Waals surface area contributed by atoms with Crippen LogP contribution in [0.5, 0.6) is 5.75 Å². The van der Waals surface area contributed by atoms with E-state index in [-0.39, 0.29) is 28.6 Å². The molecule has 0 aliphatic carbocycles. The van der Waals surface area contributed by atoms with Crippen LogP contribution in [0.2, 0.25) is 0 Å². The van der Waals surface area contributed by atoms with Crippen molar-refractivity contribution in [1.82, 2.24) is 10.0 Å². The molecule has 9 heteroatoms. The molecule has 1 heterocycles. The lowest BCUT2D eigenvalue weighted by Crippen LogP contribution is -2.52. The Hall–Kier alpha value is -1.71. The summed E-state index contributed by atoms with van der Waals surface area (Å²) in [5, 5.41) is 14.5. The number of piperidine rings is 1. The van der Waals surface area contributed by atoms with Crippen LogP contribution in [-0.4, -0.2) is 39.6 Å². The summed E-state index contributed by atoms with van der Waals surface area (Å²) < 4.78 is 32.5. The molecule has 1 aromatic rings. The fourth-order valence-corrected chi connectivity index (χ4v) is 4.08. The number of methoxy groups -OCH3 is 1. The number of sulfonamides is 1. The van der Waals surface area contributed by atoms with Crippen LogP contribution in [-0.2, 0) is 10.0 Å². The van der Waals surface area contributed by atoms with E-state index in [0.29, 0.717) is 0 Å². The van der Waals surface area contributed by atoms with E-state index in [1.165, 1.54) is 19.2 Å². The van der Waals surface area contributed by atoms with Crippen molar-refractivity contribution in [2.45, 2.75) is 37.6 Å². The smallest absolute Gasteiger partial charge is 0.293 e. The maximum Gasteiger partial charge on any atom is 0.293 e. The first-order valence-electron chi connectivity index (χ1n) is 7.73. The maximum atomic E-state index is 12.5. The molecule has 1 aliphatic rings. The van der Waals surface area contributed by atoms with Crippen LogP contribution in [0.1, 0.15) is 26.7 Å². The van der Waals surface area contributed by atoms with Gasteiger partial charge in [0.15, 0.2) is 4.90 Å². The summed E-state index contributed by atoms with van der Waals surface area (Å²) in [6.07, 6.45) is 2.04. The SMILES string of the molecule is COc1ccc(S(=O)(=O)NCC2NCCCC2(C)C)c([N+](=O)[O-])c1. The minimum Gasteiger partial charge on any atom is -0.497 e. The lowest BCUT2D eigenvalue weighted by atomic mass is 9.78. The molecule has 24 heavy (non-hydrogen) atoms. The second-order valence-corrected chi connectivity index (χ2v) is 8.28. The Balaban J connectivity index is 2.23. The maximum absolute atomic E-state index is 12.5. The fourth-order valence-electron chi connectivity index (χ4n) is 2.88. The third kappa shape index (κ3) is 4.03. The van der Waals surface area contributed by atoms with Crippen molar-refractivity contribution in [2.75, 3.05) is 20.2 Å². The van der Waals surface area contributed by atoms with E-state index >= 15 is 0 Å². The summed E-state index contributed by atoms with van der Waals surface area (Å²) in [7, 11) is -2.63. The van der Waals surface area contributed by atoms with Crippen LogP contribution < -0.4 is 14.8 Å². The topological polar surface area (TPSA) is 111 Å². The number of nitro benzene ring substituents is 1. The zero-order valence-electron chi connectivity index (χ0n) is 14.0. The van der Waals surface area contributed by atoms with Gasteiger partial charge in [-0.3, -0.25) is 10.1 Å². The molecular weight excluding hydrogens is 334 g/mol. The molecule has 0 saturated carbocycles. The van der Waals surface area contributed by atoms with Gasteiger partial charge in [0.25, 0.3) is 5.69 Å². The monoisotopic (exact) mass is 357 g/mol. The van der Waals surface area contributed by atoms with E-state index in [0.717, 1.165) is 25.5 Å². The summed E-state index contributed by atoms with van der Waals surface area (Å²) in [6, 6.07) is 3.67. The van der Waals surface area contributed by atoms with Crippen molar-refractivity contribution >= 4 is 15.7 Å². The van der Waals surface area contributed by atoms with Gasteiger partial charge in [-0.05, 0) is 36.9 Å². The number of nitrogens with zero attached hydrogens (tertiary/aromatic N) is 1. The predicted octanol–water partition coefficient (Wildman–Crippen LogP) is 1.66. The Morgan fingerprint density at radius 3 is 2.75 bits per heavy atom. The van der Waals surface area contributed by atoms with Gasteiger partial charge in [0.1, 0.15) is 5.75 Å². The van der Waals surface area contributed by atoms with Gasteiger partial charge < -0.3 is 10.1 Å². The molecule has 1 aliphatic heterocycles. The second kappa shape index (κ2) is 7.04. The van der Waals surface area contributed by atoms with Gasteiger partial charge in [0, 0.05) is 12.6 Å². The lowest BCUT2D eigenvalue weighted by molar-refractivity contribution is -0.387. The Bertz CT molecular complexity index is 718. The average Bonchev–Trinajstić information content (AvgIpc) is 2.52. The Labute approximate surface area is 141 Å². The first kappa shape index (κ1) is 18.6. The fraction of sp³-hybridized carbons (Fsp3) is 0.600.